The van der Waals surface area contributed by atoms with Crippen molar-refractivity contribution < 1.29 is 23.8 Å². The Morgan fingerprint density at radius 1 is 1.12 bits per heavy atom. The molecule has 0 spiro atoms. The van der Waals surface area contributed by atoms with Gasteiger partial charge < -0.3 is 19.5 Å². The van der Waals surface area contributed by atoms with E-state index < -0.39 is 23.7 Å². The zero-order valence-electron chi connectivity index (χ0n) is 16.0. The van der Waals surface area contributed by atoms with Crippen molar-refractivity contribution in [1.82, 2.24) is 5.32 Å². The third-order valence-corrected chi connectivity index (χ3v) is 3.75. The van der Waals surface area contributed by atoms with Crippen LogP contribution in [0.4, 0.5) is 4.79 Å². The summed E-state index contributed by atoms with van der Waals surface area (Å²) in [5.74, 6) is 0.294. The molecule has 0 aliphatic heterocycles. The summed E-state index contributed by atoms with van der Waals surface area (Å²) in [7, 11) is 0. The predicted octanol–water partition coefficient (Wildman–Crippen LogP) is 3.28. The average Bonchev–Trinajstić information content (AvgIpc) is 3.23. The first-order valence-corrected chi connectivity index (χ1v) is 8.81. The van der Waals surface area contributed by atoms with E-state index in [1.165, 1.54) is 12.8 Å². The van der Waals surface area contributed by atoms with Crippen LogP contribution in [0.1, 0.15) is 61.3 Å². The lowest BCUT2D eigenvalue weighted by molar-refractivity contribution is -0.163. The number of rotatable bonds is 8. The molecule has 0 aromatic heterocycles. The van der Waals surface area contributed by atoms with Crippen molar-refractivity contribution in [3.05, 3.63) is 0 Å². The van der Waals surface area contributed by atoms with Gasteiger partial charge in [-0.25, -0.2) is 9.59 Å². The number of hydrogen-bond donors (Lipinski definition) is 1. The van der Waals surface area contributed by atoms with Gasteiger partial charge in [0.1, 0.15) is 17.7 Å². The lowest BCUT2D eigenvalue weighted by Crippen LogP contribution is -2.45. The summed E-state index contributed by atoms with van der Waals surface area (Å²) >= 11 is 0. The summed E-state index contributed by atoms with van der Waals surface area (Å²) in [6.45, 7) is 13.5. The SMILES string of the molecule is CC(C)[C@@H](OC(=O)[C@H](C)NC(=O)OC(C)(C)C)[C@H](C)OCC1CC1. The number of alkyl carbamates (subject to hydrolysis) is 1. The number of amides is 1. The molecule has 0 heterocycles. The van der Waals surface area contributed by atoms with Gasteiger partial charge in [0.05, 0.1) is 6.10 Å². The molecule has 1 N–H and O–H groups in total. The fourth-order valence-electron chi connectivity index (χ4n) is 2.22. The van der Waals surface area contributed by atoms with Gasteiger partial charge in [-0.2, -0.15) is 0 Å². The second kappa shape index (κ2) is 8.70. The molecular weight excluding hydrogens is 310 g/mol. The predicted molar refractivity (Wildman–Crippen MR) is 91.7 cm³/mol. The minimum atomic E-state index is -0.781. The molecule has 0 bridgehead atoms. The molecule has 6 heteroatoms. The molecule has 24 heavy (non-hydrogen) atoms. The van der Waals surface area contributed by atoms with Crippen LogP contribution >= 0.6 is 0 Å². The first-order valence-electron chi connectivity index (χ1n) is 8.81. The highest BCUT2D eigenvalue weighted by Crippen LogP contribution is 2.30. The summed E-state index contributed by atoms with van der Waals surface area (Å²) in [6.07, 6.45) is 1.28. The van der Waals surface area contributed by atoms with Gasteiger partial charge in [0.25, 0.3) is 0 Å². The van der Waals surface area contributed by atoms with E-state index in [9.17, 15) is 9.59 Å². The standard InChI is InChI=1S/C18H33NO5/c1-11(2)15(13(4)22-10-14-8-9-14)23-16(20)12(3)19-17(21)24-18(5,6)7/h11-15H,8-10H2,1-7H3,(H,19,21)/t12-,13-,15+/m0/s1. The summed E-state index contributed by atoms with van der Waals surface area (Å²) in [6, 6.07) is -0.781. The molecule has 0 aromatic carbocycles. The molecule has 1 rings (SSSR count). The number of ether oxygens (including phenoxy) is 3. The van der Waals surface area contributed by atoms with Crippen LogP contribution in [0.2, 0.25) is 0 Å². The number of carbonyl (C=O) groups excluding carboxylic acids is 2. The van der Waals surface area contributed by atoms with Crippen LogP contribution in [-0.2, 0) is 19.0 Å². The van der Waals surface area contributed by atoms with E-state index in [1.807, 2.05) is 20.8 Å². The maximum atomic E-state index is 12.3. The Kier molecular flexibility index (Phi) is 7.52. The van der Waals surface area contributed by atoms with Gasteiger partial charge in [-0.3, -0.25) is 0 Å². The highest BCUT2D eigenvalue weighted by molar-refractivity contribution is 5.81. The maximum absolute atomic E-state index is 12.3. The summed E-state index contributed by atoms with van der Waals surface area (Å²) < 4.78 is 16.6. The Labute approximate surface area is 145 Å². The first kappa shape index (κ1) is 20.7. The van der Waals surface area contributed by atoms with E-state index in [0.29, 0.717) is 12.5 Å². The van der Waals surface area contributed by atoms with Crippen LogP contribution in [0.5, 0.6) is 0 Å². The molecule has 0 aromatic rings. The summed E-state index contributed by atoms with van der Waals surface area (Å²) in [4.78, 5) is 24.0. The quantitative estimate of drug-likeness (QED) is 0.685. The van der Waals surface area contributed by atoms with Crippen molar-refractivity contribution in [2.45, 2.75) is 85.2 Å². The van der Waals surface area contributed by atoms with Crippen molar-refractivity contribution in [3.8, 4) is 0 Å². The monoisotopic (exact) mass is 343 g/mol. The van der Waals surface area contributed by atoms with Gasteiger partial charge in [0.2, 0.25) is 0 Å². The Hall–Kier alpha value is -1.30. The van der Waals surface area contributed by atoms with Crippen LogP contribution in [-0.4, -0.2) is 42.5 Å². The Bertz CT molecular complexity index is 426. The van der Waals surface area contributed by atoms with Gasteiger partial charge in [-0.1, -0.05) is 13.8 Å². The lowest BCUT2D eigenvalue weighted by atomic mass is 10.0. The molecule has 0 unspecified atom stereocenters. The molecule has 1 aliphatic rings. The van der Waals surface area contributed by atoms with Crippen molar-refractivity contribution in [3.63, 3.8) is 0 Å². The fraction of sp³-hybridized carbons (Fsp3) is 0.889. The van der Waals surface area contributed by atoms with E-state index in [4.69, 9.17) is 14.2 Å². The second-order valence-corrected chi connectivity index (χ2v) is 8.00. The minimum Gasteiger partial charge on any atom is -0.458 e. The van der Waals surface area contributed by atoms with Gasteiger partial charge in [0, 0.05) is 6.61 Å². The second-order valence-electron chi connectivity index (χ2n) is 8.00. The Morgan fingerprint density at radius 3 is 2.17 bits per heavy atom. The fourth-order valence-corrected chi connectivity index (χ4v) is 2.22. The van der Waals surface area contributed by atoms with Crippen LogP contribution < -0.4 is 5.32 Å². The first-order chi connectivity index (χ1) is 11.0. The molecule has 1 amide bonds. The molecule has 1 aliphatic carbocycles. The van der Waals surface area contributed by atoms with Crippen molar-refractivity contribution >= 4 is 12.1 Å². The molecular formula is C18H33NO5. The van der Waals surface area contributed by atoms with E-state index in [-0.39, 0.29) is 18.1 Å². The molecule has 0 saturated heterocycles. The van der Waals surface area contributed by atoms with Crippen LogP contribution in [0.25, 0.3) is 0 Å². The molecule has 1 saturated carbocycles. The number of hydrogen-bond acceptors (Lipinski definition) is 5. The zero-order valence-corrected chi connectivity index (χ0v) is 16.0. The van der Waals surface area contributed by atoms with E-state index in [0.717, 1.165) is 0 Å². The summed E-state index contributed by atoms with van der Waals surface area (Å²) in [5, 5.41) is 2.50. The number of nitrogens with one attached hydrogen (secondary N) is 1. The molecule has 140 valence electrons. The molecule has 1 fully saturated rings. The highest BCUT2D eigenvalue weighted by atomic mass is 16.6. The minimum absolute atomic E-state index is 0.122. The number of carbonyl (C=O) groups is 2. The third-order valence-electron chi connectivity index (χ3n) is 3.75. The van der Waals surface area contributed by atoms with E-state index in [1.54, 1.807) is 27.7 Å². The van der Waals surface area contributed by atoms with Crippen LogP contribution in [0.15, 0.2) is 0 Å². The molecule has 3 atom stereocenters. The van der Waals surface area contributed by atoms with Gasteiger partial charge in [-0.05, 0) is 59.3 Å². The van der Waals surface area contributed by atoms with Gasteiger partial charge >= 0.3 is 12.1 Å². The maximum Gasteiger partial charge on any atom is 0.408 e. The van der Waals surface area contributed by atoms with E-state index >= 15 is 0 Å². The molecule has 0 radical (unpaired) electrons. The zero-order chi connectivity index (χ0) is 18.5. The van der Waals surface area contributed by atoms with E-state index in [2.05, 4.69) is 5.32 Å². The van der Waals surface area contributed by atoms with Gasteiger partial charge in [0.15, 0.2) is 0 Å². The smallest absolute Gasteiger partial charge is 0.408 e. The Morgan fingerprint density at radius 2 is 1.71 bits per heavy atom. The van der Waals surface area contributed by atoms with Crippen molar-refractivity contribution in [1.29, 1.82) is 0 Å². The largest absolute Gasteiger partial charge is 0.458 e. The normalized spacial score (nSPS) is 18.7. The molecule has 6 nitrogen and oxygen atoms in total. The van der Waals surface area contributed by atoms with Crippen molar-refractivity contribution in [2.75, 3.05) is 6.61 Å². The Balaban J connectivity index is 2.48. The number of esters is 1. The van der Waals surface area contributed by atoms with Gasteiger partial charge in [-0.15, -0.1) is 0 Å². The topological polar surface area (TPSA) is 73.9 Å². The average molecular weight is 343 g/mol. The lowest BCUT2D eigenvalue weighted by Gasteiger charge is -2.29. The van der Waals surface area contributed by atoms with Crippen molar-refractivity contribution in [2.24, 2.45) is 11.8 Å². The third kappa shape index (κ3) is 7.99. The van der Waals surface area contributed by atoms with Crippen LogP contribution in [0, 0.1) is 11.8 Å². The summed E-state index contributed by atoms with van der Waals surface area (Å²) in [5.41, 5.74) is -0.612. The van der Waals surface area contributed by atoms with Crippen LogP contribution in [0.3, 0.4) is 0 Å². The highest BCUT2D eigenvalue weighted by Gasteiger charge is 2.31.